The molecule has 0 bridgehead atoms. The molecule has 0 spiro atoms. The molecule has 0 amide bonds. The van der Waals surface area contributed by atoms with Crippen molar-refractivity contribution in [2.75, 3.05) is 13.1 Å². The Bertz CT molecular complexity index is 506. The Hall–Kier alpha value is -0.900. The molecule has 7 nitrogen and oxygen atoms in total. The van der Waals surface area contributed by atoms with Crippen LogP contribution in [0, 0.1) is 5.41 Å². The number of halogens is 1. The fourth-order valence-electron chi connectivity index (χ4n) is 2.83. The van der Waals surface area contributed by atoms with Crippen molar-refractivity contribution in [3.05, 3.63) is 12.2 Å². The Morgan fingerprint density at radius 2 is 2.26 bits per heavy atom. The number of aryl methyl sites for hydroxylation is 1. The van der Waals surface area contributed by atoms with Gasteiger partial charge in [0.15, 0.2) is 5.96 Å². The van der Waals surface area contributed by atoms with Gasteiger partial charge in [0.2, 0.25) is 0 Å². The molecule has 1 heterocycles. The van der Waals surface area contributed by atoms with Crippen LogP contribution >= 0.6 is 24.0 Å². The number of aliphatic hydroxyl groups excluding tert-OH is 1. The Kier molecular flexibility index (Phi) is 8.24. The van der Waals surface area contributed by atoms with Crippen LogP contribution in [0.15, 0.2) is 11.3 Å². The fraction of sp³-hybridized carbons (Fsp3) is 0.800. The van der Waals surface area contributed by atoms with E-state index in [1.807, 2.05) is 14.0 Å². The van der Waals surface area contributed by atoms with Crippen LogP contribution < -0.4 is 10.6 Å². The Morgan fingerprint density at radius 1 is 1.48 bits per heavy atom. The van der Waals surface area contributed by atoms with Crippen molar-refractivity contribution < 1.29 is 5.11 Å². The molecule has 0 aromatic carbocycles. The van der Waals surface area contributed by atoms with Crippen LogP contribution in [0.3, 0.4) is 0 Å². The SMILES string of the molecule is CCNC(=NCc1ncnn1C)NCC1(C)CCCCC1O.I. The van der Waals surface area contributed by atoms with Crippen molar-refractivity contribution in [3.8, 4) is 0 Å². The summed E-state index contributed by atoms with van der Waals surface area (Å²) in [4.78, 5) is 8.72. The molecule has 132 valence electrons. The van der Waals surface area contributed by atoms with Crippen molar-refractivity contribution in [2.45, 2.75) is 52.2 Å². The maximum atomic E-state index is 10.3. The van der Waals surface area contributed by atoms with Crippen LogP contribution in [0.25, 0.3) is 0 Å². The summed E-state index contributed by atoms with van der Waals surface area (Å²) in [5.74, 6) is 1.57. The fourth-order valence-corrected chi connectivity index (χ4v) is 2.83. The lowest BCUT2D eigenvalue weighted by molar-refractivity contribution is 0.00397. The third kappa shape index (κ3) is 5.59. The number of guanidine groups is 1. The summed E-state index contributed by atoms with van der Waals surface area (Å²) in [5, 5.41) is 20.9. The summed E-state index contributed by atoms with van der Waals surface area (Å²) < 4.78 is 1.72. The first kappa shape index (κ1) is 20.1. The molecule has 0 saturated heterocycles. The molecule has 1 aliphatic rings. The van der Waals surface area contributed by atoms with Gasteiger partial charge in [0.05, 0.1) is 6.10 Å². The maximum absolute atomic E-state index is 10.3. The number of aliphatic hydroxyl groups is 1. The minimum absolute atomic E-state index is 0. The van der Waals surface area contributed by atoms with E-state index >= 15 is 0 Å². The minimum Gasteiger partial charge on any atom is -0.392 e. The zero-order valence-electron chi connectivity index (χ0n) is 14.2. The molecule has 8 heteroatoms. The van der Waals surface area contributed by atoms with Gasteiger partial charge < -0.3 is 15.7 Å². The number of rotatable bonds is 5. The molecule has 2 unspecified atom stereocenters. The molecule has 3 N–H and O–H groups in total. The number of hydrogen-bond acceptors (Lipinski definition) is 4. The van der Waals surface area contributed by atoms with Crippen LogP contribution in [0.5, 0.6) is 0 Å². The van der Waals surface area contributed by atoms with Gasteiger partial charge in [-0.3, -0.25) is 4.68 Å². The van der Waals surface area contributed by atoms with Gasteiger partial charge in [-0.2, -0.15) is 5.10 Å². The monoisotopic (exact) mass is 436 g/mol. The Morgan fingerprint density at radius 3 is 2.87 bits per heavy atom. The summed E-state index contributed by atoms with van der Waals surface area (Å²) in [5.41, 5.74) is -0.0841. The highest BCUT2D eigenvalue weighted by atomic mass is 127. The molecule has 0 radical (unpaired) electrons. The van der Waals surface area contributed by atoms with E-state index in [0.717, 1.165) is 44.1 Å². The molecule has 1 fully saturated rings. The average Bonchev–Trinajstić information content (AvgIpc) is 2.91. The van der Waals surface area contributed by atoms with Crippen LogP contribution in [0.4, 0.5) is 0 Å². The van der Waals surface area contributed by atoms with Gasteiger partial charge in [-0.05, 0) is 19.8 Å². The van der Waals surface area contributed by atoms with Gasteiger partial charge in [0.25, 0.3) is 0 Å². The topological polar surface area (TPSA) is 87.4 Å². The van der Waals surface area contributed by atoms with Gasteiger partial charge in [0.1, 0.15) is 18.7 Å². The summed E-state index contributed by atoms with van der Waals surface area (Å²) in [6.07, 6.45) is 5.54. The number of aliphatic imine (C=N–C) groups is 1. The van der Waals surface area contributed by atoms with E-state index < -0.39 is 0 Å². The van der Waals surface area contributed by atoms with Gasteiger partial charge in [-0.1, -0.05) is 19.8 Å². The molecule has 1 aliphatic carbocycles. The zero-order chi connectivity index (χ0) is 16.0. The molecular formula is C15H29IN6O. The van der Waals surface area contributed by atoms with Crippen LogP contribution in [-0.2, 0) is 13.6 Å². The lowest BCUT2D eigenvalue weighted by Gasteiger charge is -2.38. The first-order valence-electron chi connectivity index (χ1n) is 8.08. The first-order chi connectivity index (χ1) is 10.5. The number of aromatic nitrogens is 3. The van der Waals surface area contributed by atoms with E-state index in [2.05, 4.69) is 32.6 Å². The molecule has 1 aromatic heterocycles. The van der Waals surface area contributed by atoms with Crippen LogP contribution in [0.1, 0.15) is 45.4 Å². The largest absolute Gasteiger partial charge is 0.392 e. The average molecular weight is 436 g/mol. The smallest absolute Gasteiger partial charge is 0.191 e. The summed E-state index contributed by atoms with van der Waals surface area (Å²) >= 11 is 0. The second-order valence-electron chi connectivity index (χ2n) is 6.26. The highest BCUT2D eigenvalue weighted by Gasteiger charge is 2.35. The Labute approximate surface area is 155 Å². The maximum Gasteiger partial charge on any atom is 0.191 e. The normalized spacial score (nSPS) is 24.9. The highest BCUT2D eigenvalue weighted by molar-refractivity contribution is 14.0. The summed E-state index contributed by atoms with van der Waals surface area (Å²) in [6.45, 7) is 6.18. The summed E-state index contributed by atoms with van der Waals surface area (Å²) in [7, 11) is 1.86. The van der Waals surface area contributed by atoms with Gasteiger partial charge in [-0.25, -0.2) is 9.98 Å². The van der Waals surface area contributed by atoms with Gasteiger partial charge >= 0.3 is 0 Å². The van der Waals surface area contributed by atoms with Gasteiger partial charge in [0, 0.05) is 25.6 Å². The molecule has 1 aromatic rings. The summed E-state index contributed by atoms with van der Waals surface area (Å²) in [6, 6.07) is 0. The third-order valence-corrected chi connectivity index (χ3v) is 4.47. The van der Waals surface area contributed by atoms with Crippen LogP contribution in [-0.4, -0.2) is 45.0 Å². The Balaban J connectivity index is 0.00000264. The van der Waals surface area contributed by atoms with E-state index in [0.29, 0.717) is 6.54 Å². The highest BCUT2D eigenvalue weighted by Crippen LogP contribution is 2.35. The third-order valence-electron chi connectivity index (χ3n) is 4.47. The predicted octanol–water partition coefficient (Wildman–Crippen LogP) is 1.43. The standard InChI is InChI=1S/C15H28N6O.HI/c1-4-16-14(17-9-13-19-11-20-21(13)3)18-10-15(2)8-6-5-7-12(15)22;/h11-12,22H,4-10H2,1-3H3,(H2,16,17,18);1H. The molecule has 23 heavy (non-hydrogen) atoms. The van der Waals surface area contributed by atoms with Crippen molar-refractivity contribution in [1.82, 2.24) is 25.4 Å². The first-order valence-corrected chi connectivity index (χ1v) is 8.08. The van der Waals surface area contributed by atoms with Crippen molar-refractivity contribution >= 4 is 29.9 Å². The molecule has 2 rings (SSSR count). The van der Waals surface area contributed by atoms with Gasteiger partial charge in [-0.15, -0.1) is 24.0 Å². The van der Waals surface area contributed by atoms with E-state index in [-0.39, 0.29) is 35.5 Å². The zero-order valence-corrected chi connectivity index (χ0v) is 16.6. The molecule has 0 aliphatic heterocycles. The quantitative estimate of drug-likeness (QED) is 0.369. The lowest BCUT2D eigenvalue weighted by atomic mass is 9.73. The number of nitrogens with one attached hydrogen (secondary N) is 2. The molecule has 1 saturated carbocycles. The van der Waals surface area contributed by atoms with Crippen molar-refractivity contribution in [1.29, 1.82) is 0 Å². The second kappa shape index (κ2) is 9.41. The van der Waals surface area contributed by atoms with Crippen molar-refractivity contribution in [3.63, 3.8) is 0 Å². The van der Waals surface area contributed by atoms with E-state index in [4.69, 9.17) is 0 Å². The van der Waals surface area contributed by atoms with E-state index in [1.165, 1.54) is 12.7 Å². The van der Waals surface area contributed by atoms with Crippen LogP contribution in [0.2, 0.25) is 0 Å². The predicted molar refractivity (Wildman–Crippen MR) is 102 cm³/mol. The molecule has 2 atom stereocenters. The lowest BCUT2D eigenvalue weighted by Crippen LogP contribution is -2.48. The van der Waals surface area contributed by atoms with E-state index in [9.17, 15) is 5.11 Å². The van der Waals surface area contributed by atoms with E-state index in [1.54, 1.807) is 4.68 Å². The van der Waals surface area contributed by atoms with Crippen molar-refractivity contribution in [2.24, 2.45) is 17.5 Å². The minimum atomic E-state index is -0.240. The number of hydrogen-bond donors (Lipinski definition) is 3. The second-order valence-corrected chi connectivity index (χ2v) is 6.26. The molecular weight excluding hydrogens is 407 g/mol. The number of nitrogens with zero attached hydrogens (tertiary/aromatic N) is 4.